The highest BCUT2D eigenvalue weighted by molar-refractivity contribution is 5.78. The first-order chi connectivity index (χ1) is 14.7. The summed E-state index contributed by atoms with van der Waals surface area (Å²) >= 11 is 0. The van der Waals surface area contributed by atoms with Gasteiger partial charge in [0.05, 0.1) is 6.26 Å². The van der Waals surface area contributed by atoms with E-state index in [1.165, 1.54) is 10.7 Å². The lowest BCUT2D eigenvalue weighted by Gasteiger charge is -2.31. The number of carbonyl (C=O) groups is 1. The second kappa shape index (κ2) is 9.34. The number of nitrogens with one attached hydrogen (secondary N) is 1. The molecule has 1 aliphatic rings. The van der Waals surface area contributed by atoms with Crippen LogP contribution >= 0.6 is 0 Å². The van der Waals surface area contributed by atoms with Gasteiger partial charge in [0.1, 0.15) is 5.69 Å². The summed E-state index contributed by atoms with van der Waals surface area (Å²) in [6.07, 6.45) is 5.40. The molecule has 1 saturated heterocycles. The molecule has 0 bridgehead atoms. The summed E-state index contributed by atoms with van der Waals surface area (Å²) in [5.41, 5.74) is 0.572. The molecule has 3 aromatic rings. The molecule has 1 N–H and O–H groups in total. The Balaban J connectivity index is 1.21. The van der Waals surface area contributed by atoms with E-state index in [1.807, 2.05) is 24.3 Å². The van der Waals surface area contributed by atoms with Crippen molar-refractivity contribution in [3.05, 3.63) is 59.2 Å². The number of carbonyl (C=O) groups excluding carboxylic acids is 1. The second-order valence-electron chi connectivity index (χ2n) is 7.25. The molecule has 4 rings (SSSR count). The minimum absolute atomic E-state index is 0.00539. The summed E-state index contributed by atoms with van der Waals surface area (Å²) in [5.74, 6) is 1.57. The van der Waals surface area contributed by atoms with E-state index >= 15 is 0 Å². The molecular weight excluding hydrogens is 384 g/mol. The summed E-state index contributed by atoms with van der Waals surface area (Å²) in [6.45, 7) is 2.54. The zero-order valence-corrected chi connectivity index (χ0v) is 16.6. The fraction of sp³-hybridized carbons (Fsp3) is 0.381. The van der Waals surface area contributed by atoms with Crippen molar-refractivity contribution in [2.24, 2.45) is 5.92 Å². The molecule has 1 amide bonds. The van der Waals surface area contributed by atoms with Crippen LogP contribution in [-0.4, -0.2) is 45.5 Å². The number of aromatic nitrogens is 4. The lowest BCUT2D eigenvalue weighted by molar-refractivity contribution is -0.125. The molecule has 1 aliphatic heterocycles. The highest BCUT2D eigenvalue weighted by atomic mass is 16.3. The van der Waals surface area contributed by atoms with E-state index in [9.17, 15) is 9.59 Å². The Kier molecular flexibility index (Phi) is 6.17. The van der Waals surface area contributed by atoms with Crippen molar-refractivity contribution in [3.8, 4) is 11.5 Å². The van der Waals surface area contributed by atoms with Crippen molar-refractivity contribution in [1.82, 2.24) is 25.3 Å². The molecule has 3 aromatic heterocycles. The Morgan fingerprint density at radius 2 is 2.00 bits per heavy atom. The Hall–Kier alpha value is -3.49. The molecule has 0 spiro atoms. The minimum Gasteiger partial charge on any atom is -0.463 e. The van der Waals surface area contributed by atoms with Crippen molar-refractivity contribution in [2.75, 3.05) is 24.5 Å². The first kappa shape index (κ1) is 19.8. The number of nitrogens with zero attached hydrogens (tertiary/aromatic N) is 5. The number of rotatable bonds is 7. The van der Waals surface area contributed by atoms with Gasteiger partial charge in [-0.3, -0.25) is 9.59 Å². The number of amides is 1. The maximum Gasteiger partial charge on any atom is 0.266 e. The zero-order chi connectivity index (χ0) is 20.8. The Morgan fingerprint density at radius 3 is 2.70 bits per heavy atom. The first-order valence-corrected chi connectivity index (χ1v) is 10.1. The van der Waals surface area contributed by atoms with Crippen LogP contribution in [0.3, 0.4) is 0 Å². The van der Waals surface area contributed by atoms with Crippen molar-refractivity contribution in [1.29, 1.82) is 0 Å². The number of furan rings is 1. The molecule has 9 heteroatoms. The molecule has 4 heterocycles. The van der Waals surface area contributed by atoms with Gasteiger partial charge in [0.15, 0.2) is 11.6 Å². The molecule has 30 heavy (non-hydrogen) atoms. The molecule has 0 saturated carbocycles. The summed E-state index contributed by atoms with van der Waals surface area (Å²) in [7, 11) is 0. The van der Waals surface area contributed by atoms with E-state index in [4.69, 9.17) is 4.42 Å². The van der Waals surface area contributed by atoms with Gasteiger partial charge >= 0.3 is 0 Å². The largest absolute Gasteiger partial charge is 0.463 e. The molecule has 0 radical (unpaired) electrons. The number of anilines is 1. The Bertz CT molecular complexity index is 1010. The third kappa shape index (κ3) is 4.73. The van der Waals surface area contributed by atoms with Crippen LogP contribution in [0, 0.1) is 5.92 Å². The summed E-state index contributed by atoms with van der Waals surface area (Å²) in [4.78, 5) is 26.2. The van der Waals surface area contributed by atoms with Crippen LogP contribution in [0.25, 0.3) is 11.5 Å². The quantitative estimate of drug-likeness (QED) is 0.593. The molecular formula is C21H24N6O3. The zero-order valence-electron chi connectivity index (χ0n) is 16.6. The topological polar surface area (TPSA) is 106 Å². The van der Waals surface area contributed by atoms with E-state index in [0.717, 1.165) is 31.7 Å². The standard InChI is InChI=1S/C21H24N6O3/c28-20-5-1-11-23-27(20)12-3-10-22-21(29)16-8-13-26(14-9-16)19-7-6-17(24-25-19)18-4-2-15-30-18/h1-2,4-7,11,15-16H,3,8-10,12-14H2,(H,22,29). The SMILES string of the molecule is O=C(NCCCn1ncccc1=O)C1CCN(c2ccc(-c3ccco3)nn2)CC1. The van der Waals surface area contributed by atoms with Crippen LogP contribution < -0.4 is 15.8 Å². The van der Waals surface area contributed by atoms with Gasteiger partial charge in [0.2, 0.25) is 5.91 Å². The van der Waals surface area contributed by atoms with E-state index < -0.39 is 0 Å². The fourth-order valence-electron chi connectivity index (χ4n) is 3.56. The molecule has 0 unspecified atom stereocenters. The van der Waals surface area contributed by atoms with E-state index in [1.54, 1.807) is 18.5 Å². The van der Waals surface area contributed by atoms with E-state index in [2.05, 4.69) is 25.5 Å². The predicted octanol–water partition coefficient (Wildman–Crippen LogP) is 1.72. The van der Waals surface area contributed by atoms with E-state index in [-0.39, 0.29) is 17.4 Å². The Labute approximate surface area is 173 Å². The lowest BCUT2D eigenvalue weighted by Crippen LogP contribution is -2.41. The van der Waals surface area contributed by atoms with Gasteiger partial charge in [0, 0.05) is 44.4 Å². The third-order valence-corrected chi connectivity index (χ3v) is 5.25. The summed E-state index contributed by atoms with van der Waals surface area (Å²) < 4.78 is 6.74. The first-order valence-electron chi connectivity index (χ1n) is 10.1. The van der Waals surface area contributed by atoms with Crippen LogP contribution in [0.5, 0.6) is 0 Å². The van der Waals surface area contributed by atoms with Crippen molar-refractivity contribution in [3.63, 3.8) is 0 Å². The monoisotopic (exact) mass is 408 g/mol. The molecule has 156 valence electrons. The van der Waals surface area contributed by atoms with Gasteiger partial charge < -0.3 is 14.6 Å². The van der Waals surface area contributed by atoms with Gasteiger partial charge in [-0.2, -0.15) is 5.10 Å². The average Bonchev–Trinajstić information content (AvgIpc) is 3.33. The molecule has 1 fully saturated rings. The van der Waals surface area contributed by atoms with Gasteiger partial charge in [-0.1, -0.05) is 0 Å². The van der Waals surface area contributed by atoms with Crippen molar-refractivity contribution < 1.29 is 9.21 Å². The normalized spacial score (nSPS) is 14.6. The average molecular weight is 408 g/mol. The Morgan fingerprint density at radius 1 is 1.13 bits per heavy atom. The van der Waals surface area contributed by atoms with Crippen molar-refractivity contribution >= 4 is 11.7 Å². The number of aryl methyl sites for hydroxylation is 1. The van der Waals surface area contributed by atoms with Crippen LogP contribution in [0.15, 0.2) is 58.1 Å². The predicted molar refractivity (Wildman–Crippen MR) is 111 cm³/mol. The van der Waals surface area contributed by atoms with Crippen LogP contribution in [-0.2, 0) is 11.3 Å². The van der Waals surface area contributed by atoms with Crippen LogP contribution in [0.4, 0.5) is 5.82 Å². The highest BCUT2D eigenvalue weighted by Crippen LogP contribution is 2.23. The fourth-order valence-corrected chi connectivity index (χ4v) is 3.56. The van der Waals surface area contributed by atoms with Crippen molar-refractivity contribution in [2.45, 2.75) is 25.8 Å². The molecule has 9 nitrogen and oxygen atoms in total. The number of piperidine rings is 1. The summed E-state index contributed by atoms with van der Waals surface area (Å²) in [5, 5.41) is 15.5. The maximum absolute atomic E-state index is 12.4. The van der Waals surface area contributed by atoms with Gasteiger partial charge in [-0.05, 0) is 49.6 Å². The highest BCUT2D eigenvalue weighted by Gasteiger charge is 2.25. The molecule has 0 aliphatic carbocycles. The van der Waals surface area contributed by atoms with Gasteiger partial charge in [-0.25, -0.2) is 4.68 Å². The van der Waals surface area contributed by atoms with Gasteiger partial charge in [-0.15, -0.1) is 10.2 Å². The summed E-state index contributed by atoms with van der Waals surface area (Å²) in [6, 6.07) is 10.6. The smallest absolute Gasteiger partial charge is 0.266 e. The second-order valence-corrected chi connectivity index (χ2v) is 7.25. The van der Waals surface area contributed by atoms with Crippen LogP contribution in [0.2, 0.25) is 0 Å². The maximum atomic E-state index is 12.4. The van der Waals surface area contributed by atoms with Crippen LogP contribution in [0.1, 0.15) is 19.3 Å². The number of hydrogen-bond donors (Lipinski definition) is 1. The molecule has 0 atom stereocenters. The van der Waals surface area contributed by atoms with Gasteiger partial charge in [0.25, 0.3) is 5.56 Å². The lowest BCUT2D eigenvalue weighted by atomic mass is 9.96. The minimum atomic E-state index is -0.128. The van der Waals surface area contributed by atoms with E-state index in [0.29, 0.717) is 31.0 Å². The third-order valence-electron chi connectivity index (χ3n) is 5.25. The number of hydrogen-bond acceptors (Lipinski definition) is 7. The molecule has 0 aromatic carbocycles.